The van der Waals surface area contributed by atoms with Gasteiger partial charge in [-0.3, -0.25) is 4.90 Å². The largest absolute Gasteiger partial charge is 0.479 e. The molecule has 1 amide bonds. The summed E-state index contributed by atoms with van der Waals surface area (Å²) in [6, 6.07) is 0. The molecule has 0 aliphatic carbocycles. The first-order valence-corrected chi connectivity index (χ1v) is 6.97. The van der Waals surface area contributed by atoms with E-state index in [0.717, 1.165) is 4.90 Å². The number of alkyl halides is 3. The van der Waals surface area contributed by atoms with Crippen LogP contribution in [-0.2, 0) is 9.53 Å². The number of carboxylic acids is 1. The smallest absolute Gasteiger partial charge is 0.415 e. The van der Waals surface area contributed by atoms with Gasteiger partial charge < -0.3 is 20.3 Å². The standard InChI is InChI=1S/C13H21F3N2O5/c1-11(2,3)23-10(22)17-12(9(20)21)4-5-18(7-12)6-8(19)13(14,15)16/h8,19H,4-7H2,1-3H3,(H,17,22)(H,20,21). The van der Waals surface area contributed by atoms with E-state index in [1.54, 1.807) is 20.8 Å². The number of ether oxygens (including phenoxy) is 1. The third-order valence-electron chi connectivity index (χ3n) is 3.31. The number of β-amino-alcohol motifs (C(OH)–C–C–N with tert-alkyl or cyclic N) is 1. The minimum absolute atomic E-state index is 0.00472. The van der Waals surface area contributed by atoms with Crippen LogP contribution in [0.3, 0.4) is 0 Å². The van der Waals surface area contributed by atoms with E-state index in [9.17, 15) is 27.9 Å². The molecule has 0 radical (unpaired) electrons. The number of carbonyl (C=O) groups excluding carboxylic acids is 1. The molecule has 0 aromatic heterocycles. The van der Waals surface area contributed by atoms with Crippen LogP contribution in [0.5, 0.6) is 0 Å². The van der Waals surface area contributed by atoms with E-state index in [0.29, 0.717) is 0 Å². The van der Waals surface area contributed by atoms with E-state index < -0.39 is 42.0 Å². The molecule has 23 heavy (non-hydrogen) atoms. The second kappa shape index (κ2) is 6.52. The number of carbonyl (C=O) groups is 2. The fourth-order valence-corrected chi connectivity index (χ4v) is 2.22. The average Bonchev–Trinajstić information content (AvgIpc) is 2.69. The maximum atomic E-state index is 12.4. The molecule has 0 saturated carbocycles. The maximum Gasteiger partial charge on any atom is 0.415 e. The second-order valence-electron chi connectivity index (χ2n) is 6.56. The highest BCUT2D eigenvalue weighted by molar-refractivity contribution is 5.85. The van der Waals surface area contributed by atoms with Gasteiger partial charge in [0.25, 0.3) is 0 Å². The molecular formula is C13H21F3N2O5. The number of aliphatic hydroxyl groups excluding tert-OH is 1. The van der Waals surface area contributed by atoms with Gasteiger partial charge in [0.15, 0.2) is 11.6 Å². The van der Waals surface area contributed by atoms with Gasteiger partial charge in [0.2, 0.25) is 0 Å². The molecule has 3 N–H and O–H groups in total. The fourth-order valence-electron chi connectivity index (χ4n) is 2.22. The summed E-state index contributed by atoms with van der Waals surface area (Å²) in [6.07, 6.45) is -8.41. The highest BCUT2D eigenvalue weighted by atomic mass is 19.4. The van der Waals surface area contributed by atoms with Crippen LogP contribution in [0.15, 0.2) is 0 Å². The maximum absolute atomic E-state index is 12.4. The molecular weight excluding hydrogens is 321 g/mol. The molecule has 134 valence electrons. The van der Waals surface area contributed by atoms with E-state index in [1.165, 1.54) is 0 Å². The van der Waals surface area contributed by atoms with Crippen LogP contribution < -0.4 is 5.32 Å². The van der Waals surface area contributed by atoms with Crippen LogP contribution >= 0.6 is 0 Å². The molecule has 1 fully saturated rings. The van der Waals surface area contributed by atoms with Crippen LogP contribution in [0, 0.1) is 0 Å². The number of alkyl carbamates (subject to hydrolysis) is 1. The van der Waals surface area contributed by atoms with Crippen molar-refractivity contribution >= 4 is 12.1 Å². The minimum atomic E-state index is -4.78. The quantitative estimate of drug-likeness (QED) is 0.704. The van der Waals surface area contributed by atoms with Crippen LogP contribution in [0.4, 0.5) is 18.0 Å². The molecule has 1 aliphatic heterocycles. The van der Waals surface area contributed by atoms with E-state index in [2.05, 4.69) is 5.32 Å². The number of halogens is 3. The average molecular weight is 342 g/mol. The van der Waals surface area contributed by atoms with Gasteiger partial charge in [-0.05, 0) is 27.2 Å². The molecule has 0 bridgehead atoms. The van der Waals surface area contributed by atoms with Crippen molar-refractivity contribution in [2.45, 2.75) is 50.6 Å². The number of hydrogen-bond acceptors (Lipinski definition) is 5. The lowest BCUT2D eigenvalue weighted by molar-refractivity contribution is -0.207. The first-order chi connectivity index (χ1) is 10.3. The number of hydrogen-bond donors (Lipinski definition) is 3. The van der Waals surface area contributed by atoms with Crippen molar-refractivity contribution in [3.05, 3.63) is 0 Å². The highest BCUT2D eigenvalue weighted by Crippen LogP contribution is 2.26. The zero-order valence-electron chi connectivity index (χ0n) is 13.1. The van der Waals surface area contributed by atoms with Crippen molar-refractivity contribution in [3.8, 4) is 0 Å². The highest BCUT2D eigenvalue weighted by Gasteiger charge is 2.49. The van der Waals surface area contributed by atoms with Gasteiger partial charge in [-0.15, -0.1) is 0 Å². The van der Waals surface area contributed by atoms with E-state index >= 15 is 0 Å². The summed E-state index contributed by atoms with van der Waals surface area (Å²) in [5.74, 6) is -1.37. The molecule has 0 aromatic carbocycles. The summed E-state index contributed by atoms with van der Waals surface area (Å²) < 4.78 is 42.1. The van der Waals surface area contributed by atoms with Crippen LogP contribution in [0.2, 0.25) is 0 Å². The second-order valence-corrected chi connectivity index (χ2v) is 6.56. The van der Waals surface area contributed by atoms with Crippen molar-refractivity contribution in [1.82, 2.24) is 10.2 Å². The van der Waals surface area contributed by atoms with Crippen molar-refractivity contribution < 1.29 is 37.7 Å². The van der Waals surface area contributed by atoms with Crippen molar-refractivity contribution in [3.63, 3.8) is 0 Å². The number of amides is 1. The third-order valence-corrected chi connectivity index (χ3v) is 3.31. The number of aliphatic carboxylic acids is 1. The number of likely N-dealkylation sites (tertiary alicyclic amines) is 1. The Hall–Kier alpha value is -1.55. The van der Waals surface area contributed by atoms with Gasteiger partial charge in [-0.25, -0.2) is 9.59 Å². The Morgan fingerprint density at radius 2 is 1.91 bits per heavy atom. The monoisotopic (exact) mass is 342 g/mol. The molecule has 2 unspecified atom stereocenters. The lowest BCUT2D eigenvalue weighted by atomic mass is 9.99. The van der Waals surface area contributed by atoms with Crippen molar-refractivity contribution in [1.29, 1.82) is 0 Å². The van der Waals surface area contributed by atoms with Gasteiger partial charge in [-0.1, -0.05) is 0 Å². The number of aliphatic hydroxyl groups is 1. The van der Waals surface area contributed by atoms with E-state index in [1.807, 2.05) is 0 Å². The molecule has 1 aliphatic rings. The SMILES string of the molecule is CC(C)(C)OC(=O)NC1(C(=O)O)CCN(CC(O)C(F)(F)F)C1. The summed E-state index contributed by atoms with van der Waals surface area (Å²) in [5, 5.41) is 20.6. The third kappa shape index (κ3) is 5.54. The van der Waals surface area contributed by atoms with Crippen molar-refractivity contribution in [2.75, 3.05) is 19.6 Å². The van der Waals surface area contributed by atoms with Crippen LogP contribution in [-0.4, -0.2) is 70.2 Å². The van der Waals surface area contributed by atoms with E-state index in [-0.39, 0.29) is 19.5 Å². The molecule has 2 atom stereocenters. The molecule has 1 heterocycles. The number of nitrogens with one attached hydrogen (secondary N) is 1. The van der Waals surface area contributed by atoms with E-state index in [4.69, 9.17) is 9.84 Å². The summed E-state index contributed by atoms with van der Waals surface area (Å²) in [6.45, 7) is 3.68. The molecule has 1 saturated heterocycles. The predicted molar refractivity (Wildman–Crippen MR) is 72.9 cm³/mol. The number of nitrogens with zero attached hydrogens (tertiary/aromatic N) is 1. The minimum Gasteiger partial charge on any atom is -0.479 e. The predicted octanol–water partition coefficient (Wildman–Crippen LogP) is 0.963. The Kier molecular flexibility index (Phi) is 5.53. The molecule has 1 rings (SSSR count). The van der Waals surface area contributed by atoms with Gasteiger partial charge >= 0.3 is 18.2 Å². The fraction of sp³-hybridized carbons (Fsp3) is 0.846. The first-order valence-electron chi connectivity index (χ1n) is 6.97. The summed E-state index contributed by atoms with van der Waals surface area (Å²) in [7, 11) is 0. The Labute approximate surface area is 131 Å². The molecule has 7 nitrogen and oxygen atoms in total. The number of rotatable bonds is 4. The van der Waals surface area contributed by atoms with Gasteiger partial charge in [0.05, 0.1) is 0 Å². The topological polar surface area (TPSA) is 99.1 Å². The first kappa shape index (κ1) is 19.5. The van der Waals surface area contributed by atoms with Gasteiger partial charge in [-0.2, -0.15) is 13.2 Å². The van der Waals surface area contributed by atoms with Gasteiger partial charge in [0, 0.05) is 19.6 Å². The lowest BCUT2D eigenvalue weighted by Crippen LogP contribution is -2.57. The van der Waals surface area contributed by atoms with Crippen LogP contribution in [0.1, 0.15) is 27.2 Å². The zero-order chi connectivity index (χ0) is 18.1. The normalized spacial score (nSPS) is 24.3. The molecule has 0 spiro atoms. The summed E-state index contributed by atoms with van der Waals surface area (Å²) in [4.78, 5) is 24.4. The lowest BCUT2D eigenvalue weighted by Gasteiger charge is -2.29. The summed E-state index contributed by atoms with van der Waals surface area (Å²) >= 11 is 0. The Morgan fingerprint density at radius 1 is 1.35 bits per heavy atom. The summed E-state index contributed by atoms with van der Waals surface area (Å²) in [5.41, 5.74) is -2.58. The molecule has 0 aromatic rings. The Balaban J connectivity index is 2.74. The van der Waals surface area contributed by atoms with Crippen LogP contribution in [0.25, 0.3) is 0 Å². The molecule has 10 heteroatoms. The number of carboxylic acid groups (broad SMARTS) is 1. The Bertz CT molecular complexity index is 464. The Morgan fingerprint density at radius 3 is 2.35 bits per heavy atom. The zero-order valence-corrected chi connectivity index (χ0v) is 13.1. The van der Waals surface area contributed by atoms with Crippen molar-refractivity contribution in [2.24, 2.45) is 0 Å². The van der Waals surface area contributed by atoms with Gasteiger partial charge in [0.1, 0.15) is 5.60 Å².